The first-order chi connectivity index (χ1) is 15.4. The van der Waals surface area contributed by atoms with Crippen LogP contribution in [0.15, 0.2) is 72.6 Å². The lowest BCUT2D eigenvalue weighted by molar-refractivity contribution is -0.140. The number of ketones is 1. The van der Waals surface area contributed by atoms with Gasteiger partial charge < -0.3 is 14.7 Å². The maximum atomic E-state index is 14.2. The average molecular weight is 432 g/mol. The Hall–Kier alpha value is -4.00. The molecule has 0 unspecified atom stereocenters. The van der Waals surface area contributed by atoms with Crippen molar-refractivity contribution in [3.05, 3.63) is 101 Å². The highest BCUT2D eigenvalue weighted by atomic mass is 19.1. The Kier molecular flexibility index (Phi) is 5.73. The van der Waals surface area contributed by atoms with Crippen molar-refractivity contribution >= 4 is 17.4 Å². The molecule has 1 aliphatic rings. The number of pyridine rings is 1. The van der Waals surface area contributed by atoms with E-state index in [-0.39, 0.29) is 17.7 Å². The van der Waals surface area contributed by atoms with E-state index in [4.69, 9.17) is 4.74 Å². The van der Waals surface area contributed by atoms with Crippen LogP contribution in [0.2, 0.25) is 0 Å². The zero-order valence-corrected chi connectivity index (χ0v) is 17.6. The number of carbonyl (C=O) groups excluding carboxylic acids is 2. The molecule has 32 heavy (non-hydrogen) atoms. The molecule has 1 amide bonds. The van der Waals surface area contributed by atoms with E-state index < -0.39 is 29.3 Å². The van der Waals surface area contributed by atoms with E-state index >= 15 is 0 Å². The SMILES string of the molecule is COc1ccc([C@H]2C(=C(O)c3ccc(C)c(F)c3)C(=O)C(=O)N2Cc2cccnc2)cc1. The highest BCUT2D eigenvalue weighted by molar-refractivity contribution is 6.46. The minimum absolute atomic E-state index is 0.0905. The summed E-state index contributed by atoms with van der Waals surface area (Å²) < 4.78 is 19.4. The molecule has 1 N–H and O–H groups in total. The zero-order valence-electron chi connectivity index (χ0n) is 17.6. The van der Waals surface area contributed by atoms with E-state index in [1.807, 2.05) is 0 Å². The van der Waals surface area contributed by atoms with Crippen molar-refractivity contribution in [1.82, 2.24) is 9.88 Å². The van der Waals surface area contributed by atoms with Crippen LogP contribution in [0.25, 0.3) is 5.76 Å². The van der Waals surface area contributed by atoms with Gasteiger partial charge in [0.2, 0.25) is 0 Å². The quantitative estimate of drug-likeness (QED) is 0.372. The van der Waals surface area contributed by atoms with Gasteiger partial charge in [-0.1, -0.05) is 30.3 Å². The van der Waals surface area contributed by atoms with Crippen molar-refractivity contribution in [1.29, 1.82) is 0 Å². The number of halogens is 1. The van der Waals surface area contributed by atoms with E-state index in [0.717, 1.165) is 11.6 Å². The number of hydrogen-bond acceptors (Lipinski definition) is 5. The summed E-state index contributed by atoms with van der Waals surface area (Å²) in [5, 5.41) is 11.0. The fourth-order valence-electron chi connectivity index (χ4n) is 3.76. The van der Waals surface area contributed by atoms with Crippen LogP contribution in [0.4, 0.5) is 4.39 Å². The number of aryl methyl sites for hydroxylation is 1. The minimum Gasteiger partial charge on any atom is -0.507 e. The number of methoxy groups -OCH3 is 1. The maximum absolute atomic E-state index is 14.2. The third kappa shape index (κ3) is 3.85. The number of aliphatic hydroxyl groups excluding tert-OH is 1. The Balaban J connectivity index is 1.86. The van der Waals surface area contributed by atoms with Gasteiger partial charge in [0, 0.05) is 24.5 Å². The van der Waals surface area contributed by atoms with Gasteiger partial charge in [-0.25, -0.2) is 4.39 Å². The first kappa shape index (κ1) is 21.2. The van der Waals surface area contributed by atoms with E-state index in [9.17, 15) is 19.1 Å². The van der Waals surface area contributed by atoms with Crippen molar-refractivity contribution in [3.63, 3.8) is 0 Å². The number of nitrogens with zero attached hydrogens (tertiary/aromatic N) is 2. The lowest BCUT2D eigenvalue weighted by atomic mass is 9.94. The van der Waals surface area contributed by atoms with Crippen LogP contribution in [-0.4, -0.2) is 33.8 Å². The summed E-state index contributed by atoms with van der Waals surface area (Å²) in [4.78, 5) is 31.5. The first-order valence-corrected chi connectivity index (χ1v) is 9.98. The second kappa shape index (κ2) is 8.63. The number of carbonyl (C=O) groups is 2. The zero-order chi connectivity index (χ0) is 22.8. The lowest BCUT2D eigenvalue weighted by Gasteiger charge is -2.25. The predicted octanol–water partition coefficient (Wildman–Crippen LogP) is 4.16. The molecule has 1 atom stereocenters. The highest BCUT2D eigenvalue weighted by Gasteiger charge is 2.46. The largest absolute Gasteiger partial charge is 0.507 e. The molecular weight excluding hydrogens is 411 g/mol. The number of amides is 1. The van der Waals surface area contributed by atoms with Crippen LogP contribution in [0, 0.1) is 12.7 Å². The van der Waals surface area contributed by atoms with Gasteiger partial charge in [-0.3, -0.25) is 14.6 Å². The molecule has 7 heteroatoms. The van der Waals surface area contributed by atoms with Crippen molar-refractivity contribution in [2.75, 3.05) is 7.11 Å². The van der Waals surface area contributed by atoms with Gasteiger partial charge in [0.15, 0.2) is 0 Å². The predicted molar refractivity (Wildman–Crippen MR) is 116 cm³/mol. The summed E-state index contributed by atoms with van der Waals surface area (Å²) in [7, 11) is 1.54. The molecule has 0 aliphatic carbocycles. The van der Waals surface area contributed by atoms with E-state index in [1.54, 1.807) is 55.7 Å². The summed E-state index contributed by atoms with van der Waals surface area (Å²) in [6.45, 7) is 1.72. The molecular formula is C25H21FN2O4. The minimum atomic E-state index is -0.856. The number of aromatic nitrogens is 1. The Labute approximate surface area is 184 Å². The molecule has 6 nitrogen and oxygen atoms in total. The monoisotopic (exact) mass is 432 g/mol. The molecule has 1 saturated heterocycles. The second-order valence-corrected chi connectivity index (χ2v) is 7.53. The lowest BCUT2D eigenvalue weighted by Crippen LogP contribution is -2.29. The van der Waals surface area contributed by atoms with Gasteiger partial charge in [-0.2, -0.15) is 0 Å². The Morgan fingerprint density at radius 1 is 1.16 bits per heavy atom. The van der Waals surface area contributed by atoms with Gasteiger partial charge in [0.05, 0.1) is 18.7 Å². The molecule has 0 spiro atoms. The number of Topliss-reactive ketones (excluding diaryl/α,β-unsaturated/α-hetero) is 1. The molecule has 1 aliphatic heterocycles. The van der Waals surface area contributed by atoms with Crippen LogP contribution in [0.5, 0.6) is 5.75 Å². The summed E-state index contributed by atoms with van der Waals surface area (Å²) in [5.74, 6) is -1.90. The van der Waals surface area contributed by atoms with Crippen LogP contribution in [0.3, 0.4) is 0 Å². The number of aliphatic hydroxyl groups is 1. The molecule has 0 radical (unpaired) electrons. The smallest absolute Gasteiger partial charge is 0.295 e. The molecule has 2 aromatic carbocycles. The fourth-order valence-corrected chi connectivity index (χ4v) is 3.76. The summed E-state index contributed by atoms with van der Waals surface area (Å²) in [6, 6.07) is 13.8. The van der Waals surface area contributed by atoms with Crippen LogP contribution < -0.4 is 4.74 Å². The summed E-state index contributed by atoms with van der Waals surface area (Å²) in [6.07, 6.45) is 3.23. The van der Waals surface area contributed by atoms with E-state index in [2.05, 4.69) is 4.98 Å². The molecule has 162 valence electrons. The van der Waals surface area contributed by atoms with Crippen molar-refractivity contribution in [3.8, 4) is 5.75 Å². The van der Waals surface area contributed by atoms with Gasteiger partial charge >= 0.3 is 0 Å². The number of rotatable bonds is 5. The first-order valence-electron chi connectivity index (χ1n) is 9.98. The standard InChI is InChI=1S/C25H21FN2O4/c1-15-5-6-18(12-20(15)26)23(29)21-22(17-7-9-19(32-2)10-8-17)28(25(31)24(21)30)14-16-4-3-11-27-13-16/h3-13,22,29H,14H2,1-2H3/t22-/m0/s1. The second-order valence-electron chi connectivity index (χ2n) is 7.53. The van der Waals surface area contributed by atoms with Crippen molar-refractivity contribution in [2.24, 2.45) is 0 Å². The number of likely N-dealkylation sites (tertiary alicyclic amines) is 1. The van der Waals surface area contributed by atoms with Crippen LogP contribution in [0.1, 0.15) is 28.3 Å². The Bertz CT molecular complexity index is 1210. The molecule has 2 heterocycles. The highest BCUT2D eigenvalue weighted by Crippen LogP contribution is 2.40. The van der Waals surface area contributed by atoms with Gasteiger partial charge in [-0.15, -0.1) is 0 Å². The van der Waals surface area contributed by atoms with E-state index in [0.29, 0.717) is 16.9 Å². The molecule has 1 aromatic heterocycles. The molecule has 1 fully saturated rings. The van der Waals surface area contributed by atoms with Crippen molar-refractivity contribution < 1.29 is 23.8 Å². The summed E-state index contributed by atoms with van der Waals surface area (Å²) >= 11 is 0. The maximum Gasteiger partial charge on any atom is 0.295 e. The van der Waals surface area contributed by atoms with Gasteiger partial charge in [0.1, 0.15) is 17.3 Å². The number of ether oxygens (including phenoxy) is 1. The summed E-state index contributed by atoms with van der Waals surface area (Å²) in [5.41, 5.74) is 1.79. The Morgan fingerprint density at radius 2 is 1.91 bits per heavy atom. The molecule has 0 bridgehead atoms. The third-order valence-corrected chi connectivity index (χ3v) is 5.49. The molecule has 4 rings (SSSR count). The van der Waals surface area contributed by atoms with Crippen molar-refractivity contribution in [2.45, 2.75) is 19.5 Å². The van der Waals surface area contributed by atoms with Gasteiger partial charge in [0.25, 0.3) is 11.7 Å². The molecule has 3 aromatic rings. The molecule has 0 saturated carbocycles. The number of hydrogen-bond donors (Lipinski definition) is 1. The fraction of sp³-hybridized carbons (Fsp3) is 0.160. The topological polar surface area (TPSA) is 79.7 Å². The number of benzene rings is 2. The average Bonchev–Trinajstić information content (AvgIpc) is 3.06. The normalized spacial score (nSPS) is 17.6. The van der Waals surface area contributed by atoms with Gasteiger partial charge in [-0.05, 0) is 47.9 Å². The third-order valence-electron chi connectivity index (χ3n) is 5.49. The van der Waals surface area contributed by atoms with Crippen LogP contribution >= 0.6 is 0 Å². The van der Waals surface area contributed by atoms with E-state index in [1.165, 1.54) is 24.1 Å². The van der Waals surface area contributed by atoms with Crippen LogP contribution in [-0.2, 0) is 16.1 Å². The Morgan fingerprint density at radius 3 is 2.53 bits per heavy atom.